The Bertz CT molecular complexity index is 874. The summed E-state index contributed by atoms with van der Waals surface area (Å²) in [5.74, 6) is 0.463. The molecule has 26 heavy (non-hydrogen) atoms. The minimum absolute atomic E-state index is 0.159. The minimum atomic E-state index is -0.307. The van der Waals surface area contributed by atoms with Crippen LogP contribution in [0.15, 0.2) is 82.8 Å². The quantitative estimate of drug-likeness (QED) is 0.566. The van der Waals surface area contributed by atoms with E-state index < -0.39 is 0 Å². The smallest absolute Gasteiger partial charge is 0.234 e. The van der Waals surface area contributed by atoms with E-state index in [4.69, 9.17) is 0 Å². The van der Waals surface area contributed by atoms with Crippen molar-refractivity contribution in [2.45, 2.75) is 15.7 Å². The third kappa shape index (κ3) is 5.61. The fraction of sp³-hybridized carbons (Fsp3) is 0.100. The summed E-state index contributed by atoms with van der Waals surface area (Å²) < 4.78 is 13.6. The Labute approximate surface area is 160 Å². The van der Waals surface area contributed by atoms with Gasteiger partial charge in [-0.05, 0) is 42.0 Å². The van der Waals surface area contributed by atoms with Gasteiger partial charge in [0, 0.05) is 22.5 Å². The number of benzene rings is 2. The molecule has 2 aromatic carbocycles. The van der Waals surface area contributed by atoms with Gasteiger partial charge in [0.15, 0.2) is 0 Å². The molecule has 0 bridgehead atoms. The van der Waals surface area contributed by atoms with Crippen molar-refractivity contribution >= 4 is 35.1 Å². The Kier molecular flexibility index (Phi) is 6.68. The number of hydrogen-bond acceptors (Lipinski definition) is 4. The van der Waals surface area contributed by atoms with Gasteiger partial charge >= 0.3 is 0 Å². The highest BCUT2D eigenvalue weighted by Crippen LogP contribution is 2.23. The van der Waals surface area contributed by atoms with E-state index in [-0.39, 0.29) is 17.5 Å². The first-order chi connectivity index (χ1) is 12.7. The lowest BCUT2D eigenvalue weighted by molar-refractivity contribution is -0.113. The van der Waals surface area contributed by atoms with Crippen molar-refractivity contribution in [1.82, 2.24) is 4.98 Å². The monoisotopic (exact) mass is 384 g/mol. The number of halogens is 1. The highest BCUT2D eigenvalue weighted by atomic mass is 32.2. The standard InChI is InChI=1S/C20H17FN2OS2/c21-17-8-1-2-9-18(17)25-14-19(24)23-16-7-5-6-15(12-16)13-26-20-10-3-4-11-22-20/h1-12H,13-14H2,(H,23,24). The number of aromatic nitrogens is 1. The number of amides is 1. The number of anilines is 1. The van der Waals surface area contributed by atoms with E-state index >= 15 is 0 Å². The molecule has 1 N–H and O–H groups in total. The molecule has 0 spiro atoms. The Hall–Kier alpha value is -2.31. The van der Waals surface area contributed by atoms with Gasteiger partial charge in [0.25, 0.3) is 0 Å². The largest absolute Gasteiger partial charge is 0.325 e. The number of rotatable bonds is 7. The maximum absolute atomic E-state index is 13.6. The van der Waals surface area contributed by atoms with E-state index in [1.807, 2.05) is 42.5 Å². The second-order valence-corrected chi connectivity index (χ2v) is 7.44. The highest BCUT2D eigenvalue weighted by molar-refractivity contribution is 8.00. The van der Waals surface area contributed by atoms with Crippen LogP contribution in [0.25, 0.3) is 0 Å². The number of nitrogens with zero attached hydrogens (tertiary/aromatic N) is 1. The third-order valence-corrected chi connectivity index (χ3v) is 5.49. The van der Waals surface area contributed by atoms with Gasteiger partial charge in [0.2, 0.25) is 5.91 Å². The van der Waals surface area contributed by atoms with Crippen molar-refractivity contribution < 1.29 is 9.18 Å². The van der Waals surface area contributed by atoms with Crippen LogP contribution >= 0.6 is 23.5 Å². The summed E-state index contributed by atoms with van der Waals surface area (Å²) in [7, 11) is 0. The molecule has 0 aliphatic heterocycles. The van der Waals surface area contributed by atoms with E-state index in [1.54, 1.807) is 36.2 Å². The topological polar surface area (TPSA) is 42.0 Å². The molecule has 0 aliphatic carbocycles. The highest BCUT2D eigenvalue weighted by Gasteiger charge is 2.07. The van der Waals surface area contributed by atoms with Crippen LogP contribution in [0.5, 0.6) is 0 Å². The van der Waals surface area contributed by atoms with Crippen LogP contribution < -0.4 is 5.32 Å². The van der Waals surface area contributed by atoms with Crippen LogP contribution in [0.3, 0.4) is 0 Å². The Morgan fingerprint density at radius 2 is 1.85 bits per heavy atom. The number of carbonyl (C=O) groups excluding carboxylic acids is 1. The molecule has 1 aromatic heterocycles. The van der Waals surface area contributed by atoms with Gasteiger partial charge in [-0.1, -0.05) is 30.3 Å². The summed E-state index contributed by atoms with van der Waals surface area (Å²) in [6, 6.07) is 20.0. The summed E-state index contributed by atoms with van der Waals surface area (Å²) in [6.07, 6.45) is 1.77. The molecule has 0 atom stereocenters. The van der Waals surface area contributed by atoms with Gasteiger partial charge in [0.1, 0.15) is 5.82 Å². The van der Waals surface area contributed by atoms with Crippen molar-refractivity contribution in [3.05, 3.63) is 84.3 Å². The average Bonchev–Trinajstić information content (AvgIpc) is 2.67. The van der Waals surface area contributed by atoms with Gasteiger partial charge < -0.3 is 5.32 Å². The Morgan fingerprint density at radius 3 is 2.65 bits per heavy atom. The van der Waals surface area contributed by atoms with Crippen molar-refractivity contribution in [3.8, 4) is 0 Å². The molecule has 0 saturated carbocycles. The van der Waals surface area contributed by atoms with Gasteiger partial charge in [-0.25, -0.2) is 9.37 Å². The summed E-state index contributed by atoms with van der Waals surface area (Å²) in [5.41, 5.74) is 1.84. The summed E-state index contributed by atoms with van der Waals surface area (Å²) >= 11 is 2.83. The van der Waals surface area contributed by atoms with Crippen LogP contribution in [-0.4, -0.2) is 16.6 Å². The molecule has 3 nitrogen and oxygen atoms in total. The van der Waals surface area contributed by atoms with Crippen molar-refractivity contribution in [3.63, 3.8) is 0 Å². The molecule has 6 heteroatoms. The predicted molar refractivity (Wildman–Crippen MR) is 106 cm³/mol. The zero-order chi connectivity index (χ0) is 18.2. The Balaban J connectivity index is 1.53. The van der Waals surface area contributed by atoms with Crippen LogP contribution in [0, 0.1) is 5.82 Å². The fourth-order valence-corrected chi connectivity index (χ4v) is 3.77. The first kappa shape index (κ1) is 18.5. The molecule has 0 unspecified atom stereocenters. The van der Waals surface area contributed by atoms with E-state index in [0.717, 1.165) is 22.0 Å². The lowest BCUT2D eigenvalue weighted by atomic mass is 10.2. The number of hydrogen-bond donors (Lipinski definition) is 1. The second kappa shape index (κ2) is 9.40. The van der Waals surface area contributed by atoms with Crippen molar-refractivity contribution in [2.75, 3.05) is 11.1 Å². The lowest BCUT2D eigenvalue weighted by Gasteiger charge is -2.08. The Morgan fingerprint density at radius 1 is 1.00 bits per heavy atom. The number of carbonyl (C=O) groups is 1. The lowest BCUT2D eigenvalue weighted by Crippen LogP contribution is -2.14. The summed E-state index contributed by atoms with van der Waals surface area (Å²) in [5, 5.41) is 3.82. The molecule has 0 radical (unpaired) electrons. The fourth-order valence-electron chi connectivity index (χ4n) is 2.23. The first-order valence-electron chi connectivity index (χ1n) is 8.01. The van der Waals surface area contributed by atoms with Crippen LogP contribution in [-0.2, 0) is 10.5 Å². The van der Waals surface area contributed by atoms with Crippen LogP contribution in [0.4, 0.5) is 10.1 Å². The summed E-state index contributed by atoms with van der Waals surface area (Å²) in [6.45, 7) is 0. The molecule has 1 amide bonds. The zero-order valence-corrected chi connectivity index (χ0v) is 15.5. The van der Waals surface area contributed by atoms with Gasteiger partial charge in [-0.3, -0.25) is 4.79 Å². The molecule has 3 rings (SSSR count). The van der Waals surface area contributed by atoms with Gasteiger partial charge in [-0.15, -0.1) is 23.5 Å². The number of pyridine rings is 1. The SMILES string of the molecule is O=C(CSc1ccccc1F)Nc1cccc(CSc2ccccn2)c1. The molecular weight excluding hydrogens is 367 g/mol. The van der Waals surface area contributed by atoms with Crippen LogP contribution in [0.1, 0.15) is 5.56 Å². The molecule has 3 aromatic rings. The maximum atomic E-state index is 13.6. The van der Waals surface area contributed by atoms with E-state index in [9.17, 15) is 9.18 Å². The van der Waals surface area contributed by atoms with Gasteiger partial charge in [0.05, 0.1) is 10.8 Å². The molecule has 0 saturated heterocycles. The summed E-state index contributed by atoms with van der Waals surface area (Å²) in [4.78, 5) is 16.9. The number of thioether (sulfide) groups is 2. The maximum Gasteiger partial charge on any atom is 0.234 e. The van der Waals surface area contributed by atoms with Crippen molar-refractivity contribution in [2.24, 2.45) is 0 Å². The molecule has 1 heterocycles. The minimum Gasteiger partial charge on any atom is -0.325 e. The molecule has 0 aliphatic rings. The normalized spacial score (nSPS) is 10.5. The van der Waals surface area contributed by atoms with Crippen LogP contribution in [0.2, 0.25) is 0 Å². The van der Waals surface area contributed by atoms with E-state index in [1.165, 1.54) is 17.8 Å². The van der Waals surface area contributed by atoms with Gasteiger partial charge in [-0.2, -0.15) is 0 Å². The van der Waals surface area contributed by atoms with E-state index in [0.29, 0.717) is 4.90 Å². The third-order valence-electron chi connectivity index (χ3n) is 3.43. The molecule has 132 valence electrons. The number of nitrogens with one attached hydrogen (secondary N) is 1. The second-order valence-electron chi connectivity index (χ2n) is 5.42. The first-order valence-corrected chi connectivity index (χ1v) is 9.98. The predicted octanol–water partition coefficient (Wildman–Crippen LogP) is 5.24. The average molecular weight is 385 g/mol. The molecular formula is C20H17FN2OS2. The van der Waals surface area contributed by atoms with Crippen molar-refractivity contribution in [1.29, 1.82) is 0 Å². The van der Waals surface area contributed by atoms with E-state index in [2.05, 4.69) is 10.3 Å². The molecule has 0 fully saturated rings. The zero-order valence-electron chi connectivity index (χ0n) is 13.9.